The monoisotopic (exact) mass is 410 g/mol. The normalized spacial score (nSPS) is 14.6. The fourth-order valence-corrected chi connectivity index (χ4v) is 3.94. The summed E-state index contributed by atoms with van der Waals surface area (Å²) in [4.78, 5) is 24.5. The van der Waals surface area contributed by atoms with Crippen LogP contribution in [0.3, 0.4) is 0 Å². The highest BCUT2D eigenvalue weighted by molar-refractivity contribution is 8.00. The predicted molar refractivity (Wildman–Crippen MR) is 110 cm³/mol. The molecule has 4 rings (SSSR count). The zero-order valence-electron chi connectivity index (χ0n) is 16.3. The molecule has 1 unspecified atom stereocenters. The lowest BCUT2D eigenvalue weighted by atomic mass is 10.1. The Morgan fingerprint density at radius 3 is 2.72 bits per heavy atom. The van der Waals surface area contributed by atoms with Crippen molar-refractivity contribution in [1.82, 2.24) is 14.8 Å². The number of ketones is 1. The summed E-state index contributed by atoms with van der Waals surface area (Å²) in [6.07, 6.45) is 3.86. The van der Waals surface area contributed by atoms with Crippen LogP contribution < -0.4 is 5.32 Å². The predicted octanol–water partition coefficient (Wildman–Crippen LogP) is 4.12. The Bertz CT molecular complexity index is 1020. The molecule has 0 spiro atoms. The van der Waals surface area contributed by atoms with Crippen molar-refractivity contribution in [1.29, 1.82) is 0 Å². The third-order valence-electron chi connectivity index (χ3n) is 4.80. The molecular formula is C21H22N4O3S. The highest BCUT2D eigenvalue weighted by Crippen LogP contribution is 2.40. The van der Waals surface area contributed by atoms with Gasteiger partial charge in [0.05, 0.1) is 23.7 Å². The highest BCUT2D eigenvalue weighted by atomic mass is 32.2. The van der Waals surface area contributed by atoms with Crippen molar-refractivity contribution in [3.05, 3.63) is 59.8 Å². The molecule has 7 nitrogen and oxygen atoms in total. The summed E-state index contributed by atoms with van der Waals surface area (Å²) in [7, 11) is 0. The summed E-state index contributed by atoms with van der Waals surface area (Å²) >= 11 is 1.35. The van der Waals surface area contributed by atoms with Gasteiger partial charge in [0, 0.05) is 11.5 Å². The Hall–Kier alpha value is -2.87. The van der Waals surface area contributed by atoms with E-state index >= 15 is 0 Å². The molecule has 2 heterocycles. The summed E-state index contributed by atoms with van der Waals surface area (Å²) in [6.45, 7) is 3.84. The Morgan fingerprint density at radius 1 is 1.24 bits per heavy atom. The SMILES string of the molecule is CC(=O)c1ccccc1NC(=O)C(C)Sc1nnc(C2CC2)n1Cc1ccco1. The summed E-state index contributed by atoms with van der Waals surface area (Å²) in [5.41, 5.74) is 1.02. The average molecular weight is 410 g/mol. The van der Waals surface area contributed by atoms with Gasteiger partial charge in [-0.2, -0.15) is 0 Å². The van der Waals surface area contributed by atoms with Crippen molar-refractivity contribution in [2.75, 3.05) is 5.32 Å². The number of rotatable bonds is 8. The Labute approximate surface area is 172 Å². The number of carbonyl (C=O) groups excluding carboxylic acids is 2. The standard InChI is InChI=1S/C21H22N4O3S/c1-13(26)17-7-3-4-8-18(17)22-20(27)14(2)29-21-24-23-19(15-9-10-15)25(21)12-16-6-5-11-28-16/h3-8,11,14-15H,9-10,12H2,1-2H3,(H,22,27). The number of hydrogen-bond donors (Lipinski definition) is 1. The van der Waals surface area contributed by atoms with Crippen LogP contribution in [0.25, 0.3) is 0 Å². The minimum atomic E-state index is -0.415. The molecule has 1 N–H and O–H groups in total. The lowest BCUT2D eigenvalue weighted by molar-refractivity contribution is -0.115. The first-order valence-electron chi connectivity index (χ1n) is 9.56. The summed E-state index contributed by atoms with van der Waals surface area (Å²) < 4.78 is 7.52. The Kier molecular flexibility index (Phi) is 5.53. The summed E-state index contributed by atoms with van der Waals surface area (Å²) in [5, 5.41) is 11.8. The van der Waals surface area contributed by atoms with E-state index in [1.165, 1.54) is 18.7 Å². The van der Waals surface area contributed by atoms with Crippen molar-refractivity contribution in [2.24, 2.45) is 0 Å². The van der Waals surface area contributed by atoms with Gasteiger partial charge in [-0.05, 0) is 51.0 Å². The second kappa shape index (κ2) is 8.24. The molecule has 1 fully saturated rings. The second-order valence-corrected chi connectivity index (χ2v) is 8.44. The second-order valence-electron chi connectivity index (χ2n) is 7.13. The molecule has 1 atom stereocenters. The molecule has 0 bridgehead atoms. The quantitative estimate of drug-likeness (QED) is 0.444. The molecule has 0 aliphatic heterocycles. The largest absolute Gasteiger partial charge is 0.467 e. The topological polar surface area (TPSA) is 90.0 Å². The Morgan fingerprint density at radius 2 is 2.03 bits per heavy atom. The van der Waals surface area contributed by atoms with E-state index in [9.17, 15) is 9.59 Å². The Balaban J connectivity index is 1.50. The zero-order chi connectivity index (χ0) is 20.4. The van der Waals surface area contributed by atoms with E-state index in [4.69, 9.17) is 4.42 Å². The van der Waals surface area contributed by atoms with Crippen LogP contribution in [0.2, 0.25) is 0 Å². The number of hydrogen-bond acceptors (Lipinski definition) is 6. The fourth-order valence-electron chi connectivity index (χ4n) is 3.08. The summed E-state index contributed by atoms with van der Waals surface area (Å²) in [5.74, 6) is 1.91. The number of amides is 1. The van der Waals surface area contributed by atoms with E-state index in [2.05, 4.69) is 15.5 Å². The number of furan rings is 1. The minimum absolute atomic E-state index is 0.0894. The first kappa shape index (κ1) is 19.4. The molecule has 3 aromatic rings. The van der Waals surface area contributed by atoms with Gasteiger partial charge in [0.2, 0.25) is 5.91 Å². The van der Waals surface area contributed by atoms with Crippen LogP contribution in [0, 0.1) is 0 Å². The van der Waals surface area contributed by atoms with Gasteiger partial charge in [0.1, 0.15) is 11.6 Å². The number of thioether (sulfide) groups is 1. The molecule has 0 radical (unpaired) electrons. The van der Waals surface area contributed by atoms with E-state index in [1.54, 1.807) is 30.5 Å². The van der Waals surface area contributed by atoms with Crippen molar-refractivity contribution in [2.45, 2.75) is 49.6 Å². The molecule has 1 amide bonds. The summed E-state index contributed by atoms with van der Waals surface area (Å²) in [6, 6.07) is 10.8. The first-order valence-corrected chi connectivity index (χ1v) is 10.4. The molecule has 1 aliphatic carbocycles. The van der Waals surface area contributed by atoms with Crippen molar-refractivity contribution in [3.63, 3.8) is 0 Å². The fraction of sp³-hybridized carbons (Fsp3) is 0.333. The number of para-hydroxylation sites is 1. The van der Waals surface area contributed by atoms with Gasteiger partial charge in [0.15, 0.2) is 10.9 Å². The van der Waals surface area contributed by atoms with E-state index < -0.39 is 5.25 Å². The third kappa shape index (κ3) is 4.42. The van der Waals surface area contributed by atoms with Gasteiger partial charge in [0.25, 0.3) is 0 Å². The maximum absolute atomic E-state index is 12.8. The third-order valence-corrected chi connectivity index (χ3v) is 5.88. The van der Waals surface area contributed by atoms with Crippen molar-refractivity contribution >= 4 is 29.1 Å². The van der Waals surface area contributed by atoms with Crippen LogP contribution in [0.4, 0.5) is 5.69 Å². The molecule has 29 heavy (non-hydrogen) atoms. The average Bonchev–Trinajstić information content (AvgIpc) is 3.28. The maximum atomic E-state index is 12.8. The number of nitrogens with zero attached hydrogens (tertiary/aromatic N) is 3. The smallest absolute Gasteiger partial charge is 0.237 e. The molecule has 150 valence electrons. The number of aromatic nitrogens is 3. The zero-order valence-corrected chi connectivity index (χ0v) is 17.1. The van der Waals surface area contributed by atoms with Gasteiger partial charge in [-0.25, -0.2) is 0 Å². The number of anilines is 1. The molecule has 1 aromatic carbocycles. The van der Waals surface area contributed by atoms with Gasteiger partial charge >= 0.3 is 0 Å². The molecule has 2 aromatic heterocycles. The minimum Gasteiger partial charge on any atom is -0.467 e. The number of nitrogens with one attached hydrogen (secondary N) is 1. The lowest BCUT2D eigenvalue weighted by Crippen LogP contribution is -2.24. The molecular weight excluding hydrogens is 388 g/mol. The van der Waals surface area contributed by atoms with Crippen molar-refractivity contribution < 1.29 is 14.0 Å². The van der Waals surface area contributed by atoms with Gasteiger partial charge in [-0.1, -0.05) is 23.9 Å². The van der Waals surface area contributed by atoms with E-state index in [-0.39, 0.29) is 11.7 Å². The van der Waals surface area contributed by atoms with Crippen LogP contribution in [0.5, 0.6) is 0 Å². The van der Waals surface area contributed by atoms with Crippen molar-refractivity contribution in [3.8, 4) is 0 Å². The van der Waals surface area contributed by atoms with E-state index in [0.717, 1.165) is 24.4 Å². The molecule has 0 saturated heterocycles. The van der Waals surface area contributed by atoms with Crippen LogP contribution in [-0.2, 0) is 11.3 Å². The highest BCUT2D eigenvalue weighted by Gasteiger charge is 2.31. The van der Waals surface area contributed by atoms with E-state index in [1.807, 2.05) is 23.6 Å². The molecule has 1 aliphatic rings. The maximum Gasteiger partial charge on any atom is 0.237 e. The lowest BCUT2D eigenvalue weighted by Gasteiger charge is -2.14. The van der Waals surface area contributed by atoms with Crippen LogP contribution in [0.15, 0.2) is 52.2 Å². The van der Waals surface area contributed by atoms with E-state index in [0.29, 0.717) is 28.9 Å². The number of benzene rings is 1. The number of carbonyl (C=O) groups is 2. The van der Waals surface area contributed by atoms with Gasteiger partial charge in [-0.3, -0.25) is 14.2 Å². The van der Waals surface area contributed by atoms with Gasteiger partial charge < -0.3 is 9.73 Å². The first-order chi connectivity index (χ1) is 14.0. The van der Waals surface area contributed by atoms with Gasteiger partial charge in [-0.15, -0.1) is 10.2 Å². The molecule has 8 heteroatoms. The molecule has 1 saturated carbocycles. The number of Topliss-reactive ketones (excluding diaryl/α,β-unsaturated/α-hetero) is 1. The van der Waals surface area contributed by atoms with Crippen LogP contribution in [-0.4, -0.2) is 31.7 Å². The van der Waals surface area contributed by atoms with Crippen LogP contribution in [0.1, 0.15) is 54.5 Å². The van der Waals surface area contributed by atoms with Crippen LogP contribution >= 0.6 is 11.8 Å².